The zero-order chi connectivity index (χ0) is 13.2. The van der Waals surface area contributed by atoms with E-state index in [4.69, 9.17) is 15.6 Å². The number of benzene rings is 1. The van der Waals surface area contributed by atoms with E-state index in [1.54, 1.807) is 19.9 Å². The van der Waals surface area contributed by atoms with Crippen molar-refractivity contribution in [2.24, 2.45) is 5.73 Å². The van der Waals surface area contributed by atoms with Gasteiger partial charge >= 0.3 is 5.97 Å². The fraction of sp³-hybridized carbons (Fsp3) is 0.417. The topological polar surface area (TPSA) is 92.8 Å². The Morgan fingerprint density at radius 1 is 1.53 bits per heavy atom. The third-order valence-corrected chi connectivity index (χ3v) is 2.80. The largest absolute Gasteiger partial charge is 0.507 e. The first-order chi connectivity index (χ1) is 7.88. The Morgan fingerprint density at radius 3 is 2.59 bits per heavy atom. The van der Waals surface area contributed by atoms with Crippen LogP contribution in [0.1, 0.15) is 16.7 Å². The molecule has 17 heavy (non-hydrogen) atoms. The van der Waals surface area contributed by atoms with E-state index in [1.165, 1.54) is 7.11 Å². The van der Waals surface area contributed by atoms with Gasteiger partial charge in [0.15, 0.2) is 0 Å². The molecular formula is C12H17NO4. The van der Waals surface area contributed by atoms with Gasteiger partial charge in [0.1, 0.15) is 17.5 Å². The van der Waals surface area contributed by atoms with Gasteiger partial charge in [-0.05, 0) is 31.0 Å². The van der Waals surface area contributed by atoms with Gasteiger partial charge in [-0.1, -0.05) is 0 Å². The van der Waals surface area contributed by atoms with Gasteiger partial charge in [0.2, 0.25) is 0 Å². The molecule has 1 aromatic carbocycles. The van der Waals surface area contributed by atoms with Crippen LogP contribution in [0.25, 0.3) is 0 Å². The number of phenols is 1. The van der Waals surface area contributed by atoms with E-state index in [2.05, 4.69) is 0 Å². The summed E-state index contributed by atoms with van der Waals surface area (Å²) in [5.74, 6) is -0.455. The van der Waals surface area contributed by atoms with Crippen LogP contribution in [0.2, 0.25) is 0 Å². The standard InChI is InChI=1S/C12H17NO4/c1-6-4-10(17-3)7(2)11(14)8(6)5-9(13)12(15)16/h4,9,14H,5,13H2,1-3H3,(H,15,16). The van der Waals surface area contributed by atoms with Gasteiger partial charge in [-0.25, -0.2) is 0 Å². The molecule has 0 radical (unpaired) electrons. The van der Waals surface area contributed by atoms with Crippen molar-refractivity contribution in [2.45, 2.75) is 26.3 Å². The molecule has 1 aromatic rings. The van der Waals surface area contributed by atoms with E-state index in [9.17, 15) is 9.90 Å². The van der Waals surface area contributed by atoms with Crippen LogP contribution in [0, 0.1) is 13.8 Å². The van der Waals surface area contributed by atoms with E-state index in [0.29, 0.717) is 16.9 Å². The molecular weight excluding hydrogens is 222 g/mol. The number of rotatable bonds is 4. The number of carbonyl (C=O) groups is 1. The lowest BCUT2D eigenvalue weighted by atomic mass is 9.97. The molecule has 0 saturated carbocycles. The number of aliphatic carboxylic acids is 1. The molecule has 1 atom stereocenters. The predicted molar refractivity (Wildman–Crippen MR) is 63.4 cm³/mol. The van der Waals surface area contributed by atoms with Crippen LogP contribution in [-0.4, -0.2) is 29.3 Å². The van der Waals surface area contributed by atoms with Crippen molar-refractivity contribution >= 4 is 5.97 Å². The number of hydrogen-bond acceptors (Lipinski definition) is 4. The van der Waals surface area contributed by atoms with Crippen LogP contribution >= 0.6 is 0 Å². The van der Waals surface area contributed by atoms with Gasteiger partial charge < -0.3 is 20.7 Å². The van der Waals surface area contributed by atoms with E-state index < -0.39 is 12.0 Å². The highest BCUT2D eigenvalue weighted by Crippen LogP contribution is 2.33. The summed E-state index contributed by atoms with van der Waals surface area (Å²) in [7, 11) is 1.52. The molecule has 0 aliphatic rings. The molecule has 0 aliphatic heterocycles. The number of methoxy groups -OCH3 is 1. The maximum absolute atomic E-state index is 10.7. The number of carboxylic acid groups (broad SMARTS) is 1. The molecule has 0 fully saturated rings. The minimum Gasteiger partial charge on any atom is -0.507 e. The number of nitrogens with two attached hydrogens (primary N) is 1. The monoisotopic (exact) mass is 239 g/mol. The highest BCUT2D eigenvalue weighted by Gasteiger charge is 2.19. The lowest BCUT2D eigenvalue weighted by molar-refractivity contribution is -0.138. The fourth-order valence-electron chi connectivity index (χ4n) is 1.70. The van der Waals surface area contributed by atoms with Crippen LogP contribution in [-0.2, 0) is 11.2 Å². The number of phenolic OH excluding ortho intramolecular Hbond substituents is 1. The van der Waals surface area contributed by atoms with Crippen molar-refractivity contribution in [1.29, 1.82) is 0 Å². The van der Waals surface area contributed by atoms with Crippen molar-refractivity contribution in [2.75, 3.05) is 7.11 Å². The van der Waals surface area contributed by atoms with Gasteiger partial charge in [0, 0.05) is 12.0 Å². The molecule has 4 N–H and O–H groups in total. The van der Waals surface area contributed by atoms with Crippen molar-refractivity contribution in [1.82, 2.24) is 0 Å². The van der Waals surface area contributed by atoms with E-state index >= 15 is 0 Å². The molecule has 0 spiro atoms. The van der Waals surface area contributed by atoms with Gasteiger partial charge in [0.05, 0.1) is 7.11 Å². The first kappa shape index (κ1) is 13.3. The number of aromatic hydroxyl groups is 1. The Bertz CT molecular complexity index is 443. The molecule has 0 heterocycles. The number of ether oxygens (including phenoxy) is 1. The minimum absolute atomic E-state index is 0.0542. The van der Waals surface area contributed by atoms with Gasteiger partial charge in [0.25, 0.3) is 0 Å². The van der Waals surface area contributed by atoms with E-state index in [0.717, 1.165) is 5.56 Å². The predicted octanol–water partition coefficient (Wildman–Crippen LogP) is 0.972. The lowest BCUT2D eigenvalue weighted by Crippen LogP contribution is -2.32. The van der Waals surface area contributed by atoms with Crippen molar-refractivity contribution < 1.29 is 19.7 Å². The summed E-state index contributed by atoms with van der Waals surface area (Å²) in [6, 6.07) is 0.742. The maximum atomic E-state index is 10.7. The average molecular weight is 239 g/mol. The third-order valence-electron chi connectivity index (χ3n) is 2.80. The molecule has 0 aromatic heterocycles. The zero-order valence-corrected chi connectivity index (χ0v) is 10.2. The molecule has 94 valence electrons. The number of aryl methyl sites for hydroxylation is 1. The summed E-state index contributed by atoms with van der Waals surface area (Å²) in [4.78, 5) is 10.7. The van der Waals surface area contributed by atoms with Crippen LogP contribution in [0.3, 0.4) is 0 Å². The summed E-state index contributed by atoms with van der Waals surface area (Å²) in [6.45, 7) is 3.50. The van der Waals surface area contributed by atoms with Crippen molar-refractivity contribution in [3.8, 4) is 11.5 Å². The Morgan fingerprint density at radius 2 is 2.12 bits per heavy atom. The third kappa shape index (κ3) is 2.68. The summed E-state index contributed by atoms with van der Waals surface area (Å²) < 4.78 is 5.11. The summed E-state index contributed by atoms with van der Waals surface area (Å²) in [5.41, 5.74) is 7.37. The van der Waals surface area contributed by atoms with Crippen molar-refractivity contribution in [3.05, 3.63) is 22.8 Å². The minimum atomic E-state index is -1.09. The lowest BCUT2D eigenvalue weighted by Gasteiger charge is -2.15. The molecule has 0 saturated heterocycles. The number of carboxylic acids is 1. The van der Waals surface area contributed by atoms with Crippen LogP contribution in [0.4, 0.5) is 0 Å². The fourth-order valence-corrected chi connectivity index (χ4v) is 1.70. The number of hydrogen-bond donors (Lipinski definition) is 3. The molecule has 0 bridgehead atoms. The summed E-state index contributed by atoms with van der Waals surface area (Å²) in [6.07, 6.45) is 0.0951. The van der Waals surface area contributed by atoms with E-state index in [1.807, 2.05) is 0 Å². The van der Waals surface area contributed by atoms with Crippen molar-refractivity contribution in [3.63, 3.8) is 0 Å². The van der Waals surface area contributed by atoms with Gasteiger partial charge in [-0.2, -0.15) is 0 Å². The maximum Gasteiger partial charge on any atom is 0.320 e. The van der Waals surface area contributed by atoms with E-state index in [-0.39, 0.29) is 12.2 Å². The zero-order valence-electron chi connectivity index (χ0n) is 10.2. The molecule has 1 unspecified atom stereocenters. The molecule has 0 amide bonds. The second-order valence-electron chi connectivity index (χ2n) is 4.00. The second-order valence-corrected chi connectivity index (χ2v) is 4.00. The first-order valence-electron chi connectivity index (χ1n) is 5.22. The van der Waals surface area contributed by atoms with Gasteiger partial charge in [-0.15, -0.1) is 0 Å². The first-order valence-corrected chi connectivity index (χ1v) is 5.22. The smallest absolute Gasteiger partial charge is 0.320 e. The summed E-state index contributed by atoms with van der Waals surface area (Å²) in [5, 5.41) is 18.8. The van der Waals surface area contributed by atoms with Crippen LogP contribution in [0.15, 0.2) is 6.07 Å². The Balaban J connectivity index is 3.17. The molecule has 5 heteroatoms. The summed E-state index contributed by atoms with van der Waals surface area (Å²) >= 11 is 0. The Hall–Kier alpha value is -1.75. The average Bonchev–Trinajstić information content (AvgIpc) is 2.28. The Labute approximate surface area is 99.8 Å². The molecule has 0 aliphatic carbocycles. The van der Waals surface area contributed by atoms with Gasteiger partial charge in [-0.3, -0.25) is 4.79 Å². The SMILES string of the molecule is COc1cc(C)c(CC(N)C(=O)O)c(O)c1C. The van der Waals surface area contributed by atoms with Crippen LogP contribution < -0.4 is 10.5 Å². The highest BCUT2D eigenvalue weighted by molar-refractivity contribution is 5.74. The highest BCUT2D eigenvalue weighted by atomic mass is 16.5. The molecule has 1 rings (SSSR count). The Kier molecular flexibility index (Phi) is 3.96. The second kappa shape index (κ2) is 5.05. The molecule has 5 nitrogen and oxygen atoms in total. The quantitative estimate of drug-likeness (QED) is 0.728. The van der Waals surface area contributed by atoms with Crippen LogP contribution in [0.5, 0.6) is 11.5 Å². The normalized spacial score (nSPS) is 12.2.